The van der Waals surface area contributed by atoms with Crippen LogP contribution in [0, 0.1) is 0 Å². The van der Waals surface area contributed by atoms with E-state index < -0.39 is 0 Å². The maximum Gasteiger partial charge on any atom is 0.221 e. The number of carbonyl (C=O) groups is 1. The molecule has 0 heterocycles. The molecule has 2 N–H and O–H groups in total. The molecule has 3 nitrogen and oxygen atoms in total. The summed E-state index contributed by atoms with van der Waals surface area (Å²) in [5, 5.41) is 5.95. The van der Waals surface area contributed by atoms with Gasteiger partial charge in [-0.25, -0.2) is 0 Å². The van der Waals surface area contributed by atoms with E-state index in [1.807, 2.05) is 13.2 Å². The smallest absolute Gasteiger partial charge is 0.221 e. The molecule has 4 heteroatoms. The molecule has 0 aromatic heterocycles. The summed E-state index contributed by atoms with van der Waals surface area (Å²) in [6.07, 6.45) is 2.62. The number of nitrogens with one attached hydrogen (secondary N) is 2. The van der Waals surface area contributed by atoms with Gasteiger partial charge in [-0.2, -0.15) is 11.8 Å². The molecule has 0 aromatic carbocycles. The highest BCUT2D eigenvalue weighted by molar-refractivity contribution is 7.98. The Bertz CT molecular complexity index is 108. The van der Waals surface area contributed by atoms with Crippen molar-refractivity contribution in [3.63, 3.8) is 0 Å². The van der Waals surface area contributed by atoms with Gasteiger partial charge in [0.15, 0.2) is 0 Å². The third-order valence-corrected chi connectivity index (χ3v) is 2.02. The Labute approximate surface area is 78.7 Å². The quantitative estimate of drug-likeness (QED) is 0.573. The summed E-state index contributed by atoms with van der Waals surface area (Å²) in [5.74, 6) is 1.14. The summed E-state index contributed by atoms with van der Waals surface area (Å²) in [4.78, 5) is 11.0. The average Bonchev–Trinajstić information content (AvgIpc) is 2.06. The van der Waals surface area contributed by atoms with E-state index in [4.69, 9.17) is 0 Å². The zero-order valence-corrected chi connectivity index (χ0v) is 8.67. The Hall–Kier alpha value is -0.220. The molecule has 0 aromatic rings. The molecule has 1 amide bonds. The highest BCUT2D eigenvalue weighted by atomic mass is 32.2. The van der Waals surface area contributed by atoms with Crippen LogP contribution >= 0.6 is 11.8 Å². The Balaban J connectivity index is 3.10. The number of thioether (sulfide) groups is 1. The van der Waals surface area contributed by atoms with Crippen LogP contribution in [0.1, 0.15) is 13.3 Å². The zero-order valence-electron chi connectivity index (χ0n) is 7.85. The van der Waals surface area contributed by atoms with Crippen LogP contribution < -0.4 is 10.6 Å². The first-order chi connectivity index (χ1) is 5.81. The van der Waals surface area contributed by atoms with E-state index in [-0.39, 0.29) is 5.91 Å². The minimum atomic E-state index is 0.144. The largest absolute Gasteiger partial charge is 0.355 e. The molecule has 0 spiro atoms. The number of carbonyl (C=O) groups excluding carboxylic acids is 1. The van der Waals surface area contributed by atoms with Gasteiger partial charge in [0.25, 0.3) is 0 Å². The first-order valence-corrected chi connectivity index (χ1v) is 5.67. The minimum Gasteiger partial charge on any atom is -0.355 e. The van der Waals surface area contributed by atoms with E-state index in [1.165, 1.54) is 0 Å². The predicted octanol–water partition coefficient (Wildman–Crippen LogP) is 0.465. The molecule has 12 heavy (non-hydrogen) atoms. The van der Waals surface area contributed by atoms with Crippen molar-refractivity contribution in [2.75, 3.05) is 31.6 Å². The lowest BCUT2D eigenvalue weighted by Crippen LogP contribution is -2.29. The van der Waals surface area contributed by atoms with Crippen LogP contribution in [0.5, 0.6) is 0 Å². The number of hydrogen-bond acceptors (Lipinski definition) is 3. The molecular formula is C8H18N2OS. The van der Waals surface area contributed by atoms with Crippen LogP contribution in [0.3, 0.4) is 0 Å². The molecule has 0 aliphatic carbocycles. The van der Waals surface area contributed by atoms with Crippen LogP contribution in [0.4, 0.5) is 0 Å². The molecule has 0 unspecified atom stereocenters. The summed E-state index contributed by atoms with van der Waals surface area (Å²) in [6.45, 7) is 4.53. The first-order valence-electron chi connectivity index (χ1n) is 4.27. The van der Waals surface area contributed by atoms with Crippen LogP contribution in [-0.4, -0.2) is 37.6 Å². The van der Waals surface area contributed by atoms with Crippen molar-refractivity contribution in [2.24, 2.45) is 0 Å². The van der Waals surface area contributed by atoms with Gasteiger partial charge in [0.1, 0.15) is 0 Å². The topological polar surface area (TPSA) is 41.1 Å². The minimum absolute atomic E-state index is 0.144. The molecular weight excluding hydrogens is 172 g/mol. The second kappa shape index (κ2) is 8.87. The fraction of sp³-hybridized carbons (Fsp3) is 0.875. The highest BCUT2D eigenvalue weighted by Gasteiger charge is 1.97. The lowest BCUT2D eigenvalue weighted by Gasteiger charge is -2.03. The molecule has 0 atom stereocenters. The van der Waals surface area contributed by atoms with E-state index in [0.717, 1.165) is 25.4 Å². The van der Waals surface area contributed by atoms with Gasteiger partial charge in [0, 0.05) is 25.3 Å². The van der Waals surface area contributed by atoms with Crippen LogP contribution in [0.25, 0.3) is 0 Å². The van der Waals surface area contributed by atoms with Gasteiger partial charge in [-0.3, -0.25) is 4.79 Å². The predicted molar refractivity (Wildman–Crippen MR) is 54.6 cm³/mol. The SMILES string of the molecule is CCNCCC(=O)NCCSC. The van der Waals surface area contributed by atoms with E-state index in [1.54, 1.807) is 11.8 Å². The van der Waals surface area contributed by atoms with Crippen molar-refractivity contribution in [3.05, 3.63) is 0 Å². The van der Waals surface area contributed by atoms with Crippen LogP contribution in [-0.2, 0) is 4.79 Å². The van der Waals surface area contributed by atoms with Gasteiger partial charge < -0.3 is 10.6 Å². The molecule has 0 bridgehead atoms. The van der Waals surface area contributed by atoms with Crippen molar-refractivity contribution >= 4 is 17.7 Å². The Morgan fingerprint density at radius 3 is 2.75 bits per heavy atom. The Morgan fingerprint density at radius 1 is 1.42 bits per heavy atom. The Kier molecular flexibility index (Phi) is 8.71. The summed E-state index contributed by atoms with van der Waals surface area (Å²) >= 11 is 1.74. The third-order valence-electron chi connectivity index (χ3n) is 1.41. The molecule has 0 aliphatic rings. The van der Waals surface area contributed by atoms with Gasteiger partial charge in [-0.1, -0.05) is 6.92 Å². The Morgan fingerprint density at radius 2 is 2.17 bits per heavy atom. The van der Waals surface area contributed by atoms with E-state index >= 15 is 0 Å². The molecule has 0 rings (SSSR count). The molecule has 0 saturated carbocycles. The maximum atomic E-state index is 11.0. The second-order valence-corrected chi connectivity index (χ2v) is 3.43. The van der Waals surface area contributed by atoms with E-state index in [9.17, 15) is 4.79 Å². The monoisotopic (exact) mass is 190 g/mol. The summed E-state index contributed by atoms with van der Waals surface area (Å²) in [5.41, 5.74) is 0. The molecule has 0 saturated heterocycles. The number of amides is 1. The van der Waals surface area contributed by atoms with Crippen LogP contribution in [0.2, 0.25) is 0 Å². The normalized spacial score (nSPS) is 9.83. The van der Waals surface area contributed by atoms with Gasteiger partial charge in [-0.15, -0.1) is 0 Å². The third kappa shape index (κ3) is 7.88. The summed E-state index contributed by atoms with van der Waals surface area (Å²) in [6, 6.07) is 0. The van der Waals surface area contributed by atoms with Crippen molar-refractivity contribution in [1.29, 1.82) is 0 Å². The maximum absolute atomic E-state index is 11.0. The lowest BCUT2D eigenvalue weighted by molar-refractivity contribution is -0.120. The number of hydrogen-bond donors (Lipinski definition) is 2. The summed E-state index contributed by atoms with van der Waals surface area (Å²) < 4.78 is 0. The van der Waals surface area contributed by atoms with E-state index in [0.29, 0.717) is 6.42 Å². The molecule has 0 radical (unpaired) electrons. The van der Waals surface area contributed by atoms with Crippen molar-refractivity contribution in [3.8, 4) is 0 Å². The zero-order chi connectivity index (χ0) is 9.23. The molecule has 0 fully saturated rings. The first kappa shape index (κ1) is 11.8. The van der Waals surface area contributed by atoms with Crippen molar-refractivity contribution < 1.29 is 4.79 Å². The fourth-order valence-corrected chi connectivity index (χ4v) is 1.07. The molecule has 72 valence electrons. The van der Waals surface area contributed by atoms with Crippen LogP contribution in [0.15, 0.2) is 0 Å². The molecule has 0 aliphatic heterocycles. The van der Waals surface area contributed by atoms with Gasteiger partial charge >= 0.3 is 0 Å². The fourth-order valence-electron chi connectivity index (χ4n) is 0.760. The number of rotatable bonds is 7. The highest BCUT2D eigenvalue weighted by Crippen LogP contribution is 1.87. The lowest BCUT2D eigenvalue weighted by atomic mass is 10.4. The summed E-state index contributed by atoms with van der Waals surface area (Å²) in [7, 11) is 0. The van der Waals surface area contributed by atoms with Gasteiger partial charge in [-0.05, 0) is 12.8 Å². The van der Waals surface area contributed by atoms with E-state index in [2.05, 4.69) is 10.6 Å². The van der Waals surface area contributed by atoms with Gasteiger partial charge in [0.05, 0.1) is 0 Å². The van der Waals surface area contributed by atoms with Crippen molar-refractivity contribution in [2.45, 2.75) is 13.3 Å². The van der Waals surface area contributed by atoms with Crippen molar-refractivity contribution in [1.82, 2.24) is 10.6 Å². The van der Waals surface area contributed by atoms with Gasteiger partial charge in [0.2, 0.25) is 5.91 Å². The average molecular weight is 190 g/mol. The second-order valence-electron chi connectivity index (χ2n) is 2.45. The standard InChI is InChI=1S/C8H18N2OS/c1-3-9-5-4-8(11)10-6-7-12-2/h9H,3-7H2,1-2H3,(H,10,11).